The average Bonchev–Trinajstić information content (AvgIpc) is 2.43. The van der Waals surface area contributed by atoms with Crippen LogP contribution < -0.4 is 4.74 Å². The molecule has 2 nitrogen and oxygen atoms in total. The number of aryl methyl sites for hydroxylation is 2. The van der Waals surface area contributed by atoms with Gasteiger partial charge in [-0.15, -0.1) is 0 Å². The summed E-state index contributed by atoms with van der Waals surface area (Å²) in [5, 5.41) is 0. The Bertz CT molecular complexity index is 589. The highest BCUT2D eigenvalue weighted by atomic mass is 16.5. The van der Waals surface area contributed by atoms with E-state index in [1.807, 2.05) is 44.2 Å². The molecule has 0 heterocycles. The Morgan fingerprint density at radius 2 is 1.63 bits per heavy atom. The number of ether oxygens (including phenoxy) is 1. The lowest BCUT2D eigenvalue weighted by Crippen LogP contribution is -2.10. The topological polar surface area (TPSA) is 26.3 Å². The van der Waals surface area contributed by atoms with E-state index in [9.17, 15) is 4.79 Å². The van der Waals surface area contributed by atoms with Gasteiger partial charge in [0.25, 0.3) is 0 Å². The zero-order valence-corrected chi connectivity index (χ0v) is 11.1. The largest absolute Gasteiger partial charge is 0.422 e. The number of benzene rings is 2. The molecule has 2 aromatic rings. The third kappa shape index (κ3) is 2.91. The summed E-state index contributed by atoms with van der Waals surface area (Å²) in [7, 11) is 0. The molecule has 19 heavy (non-hydrogen) atoms. The SMILES string of the molecule is C=Cc1ccc(C(=O)Oc2c(C)cccc2C)cc1. The minimum absolute atomic E-state index is 0.340. The quantitative estimate of drug-likeness (QED) is 0.605. The van der Waals surface area contributed by atoms with Crippen LogP contribution in [0.15, 0.2) is 49.0 Å². The highest BCUT2D eigenvalue weighted by molar-refractivity contribution is 5.91. The average molecular weight is 252 g/mol. The van der Waals surface area contributed by atoms with E-state index in [4.69, 9.17) is 4.74 Å². The van der Waals surface area contributed by atoms with Crippen molar-refractivity contribution in [1.82, 2.24) is 0 Å². The Balaban J connectivity index is 2.23. The maximum atomic E-state index is 12.1. The van der Waals surface area contributed by atoms with E-state index in [1.54, 1.807) is 18.2 Å². The summed E-state index contributed by atoms with van der Waals surface area (Å²) in [5.41, 5.74) is 3.42. The van der Waals surface area contributed by atoms with E-state index in [2.05, 4.69) is 6.58 Å². The van der Waals surface area contributed by atoms with Gasteiger partial charge in [-0.2, -0.15) is 0 Å². The van der Waals surface area contributed by atoms with Crippen LogP contribution in [0.3, 0.4) is 0 Å². The van der Waals surface area contributed by atoms with Crippen molar-refractivity contribution < 1.29 is 9.53 Å². The smallest absolute Gasteiger partial charge is 0.343 e. The summed E-state index contributed by atoms with van der Waals surface area (Å²) in [6.07, 6.45) is 1.74. The van der Waals surface area contributed by atoms with Crippen LogP contribution in [-0.4, -0.2) is 5.97 Å². The van der Waals surface area contributed by atoms with Gasteiger partial charge in [-0.1, -0.05) is 43.0 Å². The molecular formula is C17H16O2. The van der Waals surface area contributed by atoms with Crippen molar-refractivity contribution in [2.75, 3.05) is 0 Å². The molecule has 96 valence electrons. The van der Waals surface area contributed by atoms with Crippen molar-refractivity contribution >= 4 is 12.0 Å². The van der Waals surface area contributed by atoms with Crippen LogP contribution in [0.5, 0.6) is 5.75 Å². The van der Waals surface area contributed by atoms with E-state index in [0.717, 1.165) is 16.7 Å². The van der Waals surface area contributed by atoms with Crippen LogP contribution in [0.2, 0.25) is 0 Å². The fourth-order valence-corrected chi connectivity index (χ4v) is 1.87. The first kappa shape index (κ1) is 13.1. The highest BCUT2D eigenvalue weighted by Gasteiger charge is 2.11. The first-order chi connectivity index (χ1) is 9.11. The van der Waals surface area contributed by atoms with Crippen molar-refractivity contribution in [3.8, 4) is 5.75 Å². The van der Waals surface area contributed by atoms with Gasteiger partial charge in [0.05, 0.1) is 5.56 Å². The fourth-order valence-electron chi connectivity index (χ4n) is 1.87. The van der Waals surface area contributed by atoms with Gasteiger partial charge < -0.3 is 4.74 Å². The number of carbonyl (C=O) groups is 1. The number of carbonyl (C=O) groups excluding carboxylic acids is 1. The normalized spacial score (nSPS) is 10.0. The molecule has 0 aromatic heterocycles. The Hall–Kier alpha value is -2.35. The molecule has 2 aromatic carbocycles. The van der Waals surface area contributed by atoms with E-state index in [0.29, 0.717) is 11.3 Å². The summed E-state index contributed by atoms with van der Waals surface area (Å²) in [6, 6.07) is 13.0. The molecule has 0 atom stereocenters. The van der Waals surface area contributed by atoms with Gasteiger partial charge in [0.2, 0.25) is 0 Å². The summed E-state index contributed by atoms with van der Waals surface area (Å²) in [6.45, 7) is 7.53. The number of rotatable bonds is 3. The lowest BCUT2D eigenvalue weighted by Gasteiger charge is -2.10. The second-order valence-electron chi connectivity index (χ2n) is 4.44. The number of hydrogen-bond donors (Lipinski definition) is 0. The molecule has 0 unspecified atom stereocenters. The predicted octanol–water partition coefficient (Wildman–Crippen LogP) is 4.17. The Morgan fingerprint density at radius 3 is 2.16 bits per heavy atom. The summed E-state index contributed by atoms with van der Waals surface area (Å²) in [4.78, 5) is 12.1. The number of esters is 1. The molecular weight excluding hydrogens is 236 g/mol. The van der Waals surface area contributed by atoms with Gasteiger partial charge in [-0.25, -0.2) is 4.79 Å². The molecule has 0 aliphatic heterocycles. The first-order valence-electron chi connectivity index (χ1n) is 6.12. The molecule has 0 radical (unpaired) electrons. The van der Waals surface area contributed by atoms with Crippen molar-refractivity contribution in [2.24, 2.45) is 0 Å². The van der Waals surface area contributed by atoms with Crippen molar-refractivity contribution in [2.45, 2.75) is 13.8 Å². The van der Waals surface area contributed by atoms with Crippen LogP contribution >= 0.6 is 0 Å². The van der Waals surface area contributed by atoms with Crippen molar-refractivity contribution in [3.05, 3.63) is 71.3 Å². The van der Waals surface area contributed by atoms with E-state index in [-0.39, 0.29) is 5.97 Å². The molecule has 0 N–H and O–H groups in total. The zero-order valence-electron chi connectivity index (χ0n) is 11.1. The minimum atomic E-state index is -0.340. The summed E-state index contributed by atoms with van der Waals surface area (Å²) in [5.74, 6) is 0.299. The second-order valence-corrected chi connectivity index (χ2v) is 4.44. The Morgan fingerprint density at radius 1 is 1.05 bits per heavy atom. The highest BCUT2D eigenvalue weighted by Crippen LogP contribution is 2.23. The van der Waals surface area contributed by atoms with E-state index >= 15 is 0 Å². The van der Waals surface area contributed by atoms with Crippen molar-refractivity contribution in [3.63, 3.8) is 0 Å². The van der Waals surface area contributed by atoms with Crippen LogP contribution in [0, 0.1) is 13.8 Å². The van der Waals surface area contributed by atoms with Crippen molar-refractivity contribution in [1.29, 1.82) is 0 Å². The summed E-state index contributed by atoms with van der Waals surface area (Å²) >= 11 is 0. The first-order valence-corrected chi connectivity index (χ1v) is 6.12. The lowest BCUT2D eigenvalue weighted by molar-refractivity contribution is 0.0732. The van der Waals surface area contributed by atoms with Gasteiger partial charge in [0.15, 0.2) is 0 Å². The van der Waals surface area contributed by atoms with Crippen LogP contribution in [0.4, 0.5) is 0 Å². The molecule has 0 aliphatic carbocycles. The van der Waals surface area contributed by atoms with Crippen LogP contribution in [0.25, 0.3) is 6.08 Å². The molecule has 0 spiro atoms. The number of para-hydroxylation sites is 1. The molecule has 2 heteroatoms. The van der Waals surface area contributed by atoms with Gasteiger partial charge in [0.1, 0.15) is 5.75 Å². The maximum absolute atomic E-state index is 12.1. The molecule has 0 amide bonds. The summed E-state index contributed by atoms with van der Waals surface area (Å²) < 4.78 is 5.47. The minimum Gasteiger partial charge on any atom is -0.422 e. The third-order valence-corrected chi connectivity index (χ3v) is 2.99. The second kappa shape index (κ2) is 5.53. The van der Waals surface area contributed by atoms with E-state index < -0.39 is 0 Å². The van der Waals surface area contributed by atoms with Gasteiger partial charge in [-0.3, -0.25) is 0 Å². The van der Waals surface area contributed by atoms with E-state index in [1.165, 1.54) is 0 Å². The molecule has 0 saturated carbocycles. The predicted molar refractivity (Wildman–Crippen MR) is 77.4 cm³/mol. The standard InChI is InChI=1S/C17H16O2/c1-4-14-8-10-15(11-9-14)17(18)19-16-12(2)6-5-7-13(16)3/h4-11H,1H2,2-3H3. The van der Waals surface area contributed by atoms with Crippen LogP contribution in [-0.2, 0) is 0 Å². The molecule has 0 fully saturated rings. The van der Waals surface area contributed by atoms with Gasteiger partial charge in [-0.05, 0) is 42.7 Å². The van der Waals surface area contributed by atoms with Gasteiger partial charge >= 0.3 is 5.97 Å². The molecule has 0 bridgehead atoms. The molecule has 0 aliphatic rings. The maximum Gasteiger partial charge on any atom is 0.343 e. The number of hydrogen-bond acceptors (Lipinski definition) is 2. The van der Waals surface area contributed by atoms with Crippen LogP contribution in [0.1, 0.15) is 27.0 Å². The molecule has 0 saturated heterocycles. The lowest BCUT2D eigenvalue weighted by atomic mass is 10.1. The Labute approximate surface area is 113 Å². The fraction of sp³-hybridized carbons (Fsp3) is 0.118. The monoisotopic (exact) mass is 252 g/mol. The molecule has 2 rings (SSSR count). The van der Waals surface area contributed by atoms with Gasteiger partial charge in [0, 0.05) is 0 Å². The Kier molecular flexibility index (Phi) is 3.81. The third-order valence-electron chi connectivity index (χ3n) is 2.99. The zero-order chi connectivity index (χ0) is 13.8.